The van der Waals surface area contributed by atoms with Gasteiger partial charge in [0, 0.05) is 0 Å². The Morgan fingerprint density at radius 2 is 1.71 bits per heavy atom. The van der Waals surface area contributed by atoms with E-state index >= 15 is 0 Å². The number of carbonyl (C=O) groups excluding carboxylic acids is 1. The van der Waals surface area contributed by atoms with Crippen molar-refractivity contribution in [2.75, 3.05) is 0 Å². The third kappa shape index (κ3) is 7.26. The van der Waals surface area contributed by atoms with Crippen LogP contribution in [-0.4, -0.2) is 26.6 Å². The molecule has 8 heteroatoms. The smallest absolute Gasteiger partial charge is 0.258 e. The Kier molecular flexibility index (Phi) is 8.56. The molecule has 0 saturated heterocycles. The number of hydrogen-bond acceptors (Lipinski definition) is 5. The molecule has 0 saturated carbocycles. The molecule has 3 aromatic rings. The standard InChI is InChI=1S/C26H29N3O4S/c1-19(2)25(29-34(31,32)24-14-12-20(3)13-15-24)26(30)28-27-17-22-10-7-11-23(16-22)33-18-21-8-5-4-6-9-21/h4-17,19,25,29H,18H2,1-3H3,(H,28,30)/b27-17-/t25-/m1/s1. The van der Waals surface area contributed by atoms with Gasteiger partial charge in [0.05, 0.1) is 11.1 Å². The van der Waals surface area contributed by atoms with Crippen LogP contribution in [0.2, 0.25) is 0 Å². The maximum Gasteiger partial charge on any atom is 0.258 e. The third-order valence-corrected chi connectivity index (χ3v) is 6.51. The van der Waals surface area contributed by atoms with E-state index in [1.807, 2.05) is 55.5 Å². The third-order valence-electron chi connectivity index (χ3n) is 5.06. The van der Waals surface area contributed by atoms with Gasteiger partial charge in [-0.25, -0.2) is 13.8 Å². The topological polar surface area (TPSA) is 96.9 Å². The fourth-order valence-electron chi connectivity index (χ4n) is 3.11. The molecule has 0 spiro atoms. The molecule has 0 aromatic heterocycles. The van der Waals surface area contributed by atoms with Gasteiger partial charge in [-0.15, -0.1) is 0 Å². The van der Waals surface area contributed by atoms with Crippen LogP contribution in [0.3, 0.4) is 0 Å². The lowest BCUT2D eigenvalue weighted by Gasteiger charge is -2.20. The van der Waals surface area contributed by atoms with Crippen molar-refractivity contribution in [2.24, 2.45) is 11.0 Å². The predicted molar refractivity (Wildman–Crippen MR) is 133 cm³/mol. The lowest BCUT2D eigenvalue weighted by molar-refractivity contribution is -0.123. The number of hydrogen-bond donors (Lipinski definition) is 2. The van der Waals surface area contributed by atoms with Gasteiger partial charge in [0.25, 0.3) is 5.91 Å². The molecule has 3 aromatic carbocycles. The van der Waals surface area contributed by atoms with Crippen LogP contribution >= 0.6 is 0 Å². The van der Waals surface area contributed by atoms with Crippen LogP contribution in [0, 0.1) is 12.8 Å². The van der Waals surface area contributed by atoms with Crippen LogP contribution in [0.15, 0.2) is 88.9 Å². The molecule has 34 heavy (non-hydrogen) atoms. The minimum Gasteiger partial charge on any atom is -0.489 e. The molecule has 0 aliphatic carbocycles. The molecule has 0 fully saturated rings. The first-order valence-electron chi connectivity index (χ1n) is 10.9. The predicted octanol–water partition coefficient (Wildman–Crippen LogP) is 4.03. The Balaban J connectivity index is 1.61. The number of sulfonamides is 1. The van der Waals surface area contributed by atoms with Crippen molar-refractivity contribution in [3.05, 3.63) is 95.6 Å². The number of amides is 1. The number of carbonyl (C=O) groups is 1. The number of hydrazone groups is 1. The molecule has 7 nitrogen and oxygen atoms in total. The quantitative estimate of drug-likeness (QED) is 0.339. The second-order valence-electron chi connectivity index (χ2n) is 8.24. The van der Waals surface area contributed by atoms with E-state index < -0.39 is 22.0 Å². The first-order valence-corrected chi connectivity index (χ1v) is 12.4. The largest absolute Gasteiger partial charge is 0.489 e. The lowest BCUT2D eigenvalue weighted by Crippen LogP contribution is -2.48. The van der Waals surface area contributed by atoms with Crippen LogP contribution in [0.4, 0.5) is 0 Å². The summed E-state index contributed by atoms with van der Waals surface area (Å²) in [5.41, 5.74) is 5.17. The monoisotopic (exact) mass is 479 g/mol. The van der Waals surface area contributed by atoms with Crippen molar-refractivity contribution in [3.63, 3.8) is 0 Å². The van der Waals surface area contributed by atoms with Crippen LogP contribution in [0.5, 0.6) is 5.75 Å². The molecular weight excluding hydrogens is 450 g/mol. The zero-order valence-electron chi connectivity index (χ0n) is 19.4. The van der Waals surface area contributed by atoms with E-state index in [9.17, 15) is 13.2 Å². The van der Waals surface area contributed by atoms with E-state index in [4.69, 9.17) is 4.74 Å². The first kappa shape index (κ1) is 25.1. The highest BCUT2D eigenvalue weighted by molar-refractivity contribution is 7.89. The molecule has 1 atom stereocenters. The molecule has 0 unspecified atom stereocenters. The molecule has 0 aliphatic rings. The highest BCUT2D eigenvalue weighted by Gasteiger charge is 2.28. The normalized spacial score (nSPS) is 12.6. The fraction of sp³-hybridized carbons (Fsp3) is 0.231. The van der Waals surface area contributed by atoms with Gasteiger partial charge in [-0.2, -0.15) is 9.82 Å². The minimum atomic E-state index is -3.86. The Morgan fingerprint density at radius 3 is 2.38 bits per heavy atom. The Labute approximate surface area is 200 Å². The number of benzene rings is 3. The summed E-state index contributed by atoms with van der Waals surface area (Å²) >= 11 is 0. The average Bonchev–Trinajstić information content (AvgIpc) is 2.82. The lowest BCUT2D eigenvalue weighted by atomic mass is 10.1. The fourth-order valence-corrected chi connectivity index (χ4v) is 4.45. The molecule has 3 rings (SSSR count). The van der Waals surface area contributed by atoms with Crippen molar-refractivity contribution in [1.82, 2.24) is 10.1 Å². The van der Waals surface area contributed by atoms with Crippen molar-refractivity contribution in [3.8, 4) is 5.75 Å². The number of nitrogens with zero attached hydrogens (tertiary/aromatic N) is 1. The summed E-state index contributed by atoms with van der Waals surface area (Å²) in [5.74, 6) is -0.159. The minimum absolute atomic E-state index is 0.104. The average molecular weight is 480 g/mol. The van der Waals surface area contributed by atoms with E-state index in [0.717, 1.165) is 16.7 Å². The van der Waals surface area contributed by atoms with Gasteiger partial charge in [-0.1, -0.05) is 74.0 Å². The van der Waals surface area contributed by atoms with Crippen LogP contribution in [0.1, 0.15) is 30.5 Å². The zero-order chi connectivity index (χ0) is 24.6. The molecular formula is C26H29N3O4S. The van der Waals surface area contributed by atoms with Crippen LogP contribution in [0.25, 0.3) is 0 Å². The molecule has 178 valence electrons. The summed E-state index contributed by atoms with van der Waals surface area (Å²) < 4.78 is 33.7. The molecule has 0 radical (unpaired) electrons. The summed E-state index contributed by atoms with van der Waals surface area (Å²) in [6.45, 7) is 5.84. The van der Waals surface area contributed by atoms with Gasteiger partial charge in [0.15, 0.2) is 0 Å². The van der Waals surface area contributed by atoms with Gasteiger partial charge in [0.1, 0.15) is 18.4 Å². The second-order valence-corrected chi connectivity index (χ2v) is 9.95. The van der Waals surface area contributed by atoms with Gasteiger partial charge in [-0.05, 0) is 48.2 Å². The molecule has 2 N–H and O–H groups in total. The summed E-state index contributed by atoms with van der Waals surface area (Å²) in [6, 6.07) is 22.6. The molecule has 0 heterocycles. The van der Waals surface area contributed by atoms with Crippen molar-refractivity contribution in [2.45, 2.75) is 38.3 Å². The van der Waals surface area contributed by atoms with Crippen molar-refractivity contribution < 1.29 is 17.9 Å². The maximum absolute atomic E-state index is 12.7. The highest BCUT2D eigenvalue weighted by Crippen LogP contribution is 2.15. The summed E-state index contributed by atoms with van der Waals surface area (Å²) in [7, 11) is -3.86. The summed E-state index contributed by atoms with van der Waals surface area (Å²) in [6.07, 6.45) is 1.49. The maximum atomic E-state index is 12.7. The van der Waals surface area contributed by atoms with Crippen LogP contribution < -0.4 is 14.9 Å². The Bertz CT molecular complexity index is 1220. The molecule has 0 bridgehead atoms. The first-order chi connectivity index (χ1) is 16.2. The summed E-state index contributed by atoms with van der Waals surface area (Å²) in [5, 5.41) is 4.00. The van der Waals surface area contributed by atoms with Crippen molar-refractivity contribution in [1.29, 1.82) is 0 Å². The molecule has 1 amide bonds. The zero-order valence-corrected chi connectivity index (χ0v) is 20.2. The van der Waals surface area contributed by atoms with Gasteiger partial charge in [-0.3, -0.25) is 4.79 Å². The summed E-state index contributed by atoms with van der Waals surface area (Å²) in [4.78, 5) is 12.8. The van der Waals surface area contributed by atoms with Crippen molar-refractivity contribution >= 4 is 22.1 Å². The SMILES string of the molecule is Cc1ccc(S(=O)(=O)N[C@@H](C(=O)N/N=C\c2cccc(OCc3ccccc3)c2)C(C)C)cc1. The number of nitrogens with one attached hydrogen (secondary N) is 2. The number of ether oxygens (including phenoxy) is 1. The molecule has 0 aliphatic heterocycles. The number of rotatable bonds is 10. The Morgan fingerprint density at radius 1 is 1.00 bits per heavy atom. The van der Waals surface area contributed by atoms with Gasteiger partial charge >= 0.3 is 0 Å². The van der Waals surface area contributed by atoms with E-state index in [2.05, 4.69) is 15.2 Å². The Hall–Kier alpha value is -3.49. The van der Waals surface area contributed by atoms with E-state index in [1.54, 1.807) is 32.0 Å². The second kappa shape index (κ2) is 11.6. The van der Waals surface area contributed by atoms with E-state index in [0.29, 0.717) is 12.4 Å². The van der Waals surface area contributed by atoms with Gasteiger partial charge in [0.2, 0.25) is 10.0 Å². The van der Waals surface area contributed by atoms with Crippen LogP contribution in [-0.2, 0) is 21.4 Å². The van der Waals surface area contributed by atoms with E-state index in [1.165, 1.54) is 18.3 Å². The highest BCUT2D eigenvalue weighted by atomic mass is 32.2. The number of aryl methyl sites for hydroxylation is 1. The van der Waals surface area contributed by atoms with E-state index in [-0.39, 0.29) is 10.8 Å². The van der Waals surface area contributed by atoms with Gasteiger partial charge < -0.3 is 4.74 Å².